The second-order valence-electron chi connectivity index (χ2n) is 9.82. The number of rotatable bonds is 6. The van der Waals surface area contributed by atoms with Crippen molar-refractivity contribution in [2.24, 2.45) is 18.9 Å². The molecule has 3 aliphatic rings. The molecule has 1 saturated heterocycles. The third kappa shape index (κ3) is 3.07. The van der Waals surface area contributed by atoms with Gasteiger partial charge in [-0.05, 0) is 61.8 Å². The third-order valence-corrected chi connectivity index (χ3v) is 8.04. The number of aromatic nitrogens is 1. The zero-order valence-corrected chi connectivity index (χ0v) is 18.0. The first-order valence-electron chi connectivity index (χ1n) is 11.5. The van der Waals surface area contributed by atoms with Gasteiger partial charge < -0.3 is 14.6 Å². The Hall–Kier alpha value is -1.65. The molecule has 1 N–H and O–H groups in total. The molecule has 5 rings (SSSR count). The van der Waals surface area contributed by atoms with Crippen molar-refractivity contribution in [2.45, 2.75) is 63.3 Å². The van der Waals surface area contributed by atoms with Gasteiger partial charge in [0, 0.05) is 61.1 Å². The lowest BCUT2D eigenvalue weighted by molar-refractivity contribution is -0.126. The van der Waals surface area contributed by atoms with E-state index >= 15 is 0 Å². The molecule has 0 amide bonds. The number of likely N-dealkylation sites (N-methyl/N-ethyl adjacent to an activating group) is 1. The Labute approximate surface area is 173 Å². The fourth-order valence-electron chi connectivity index (χ4n) is 6.21. The Bertz CT molecular complexity index is 938. The number of aryl methyl sites for hydroxylation is 1. The summed E-state index contributed by atoms with van der Waals surface area (Å²) >= 11 is 0. The van der Waals surface area contributed by atoms with Crippen LogP contribution in [-0.4, -0.2) is 46.6 Å². The van der Waals surface area contributed by atoms with Crippen molar-refractivity contribution in [3.8, 4) is 0 Å². The first-order chi connectivity index (χ1) is 14.0. The topological polar surface area (TPSA) is 45.5 Å². The number of hydrogen-bond acceptors (Lipinski definition) is 3. The van der Waals surface area contributed by atoms with Crippen LogP contribution in [0.2, 0.25) is 0 Å². The molecule has 1 aromatic heterocycles. The van der Waals surface area contributed by atoms with E-state index in [2.05, 4.69) is 48.7 Å². The molecule has 1 unspecified atom stereocenters. The van der Waals surface area contributed by atoms with Crippen LogP contribution in [0.3, 0.4) is 0 Å². The van der Waals surface area contributed by atoms with Gasteiger partial charge in [0.15, 0.2) is 0 Å². The number of hydrogen-bond donors (Lipinski definition) is 1. The minimum atomic E-state index is 0.0882. The molecule has 2 fully saturated rings. The van der Waals surface area contributed by atoms with Crippen LogP contribution in [0.1, 0.15) is 67.7 Å². The van der Waals surface area contributed by atoms with E-state index in [4.69, 9.17) is 0 Å². The summed E-state index contributed by atoms with van der Waals surface area (Å²) in [4.78, 5) is 15.5. The van der Waals surface area contributed by atoms with Crippen molar-refractivity contribution >= 4 is 16.7 Å². The number of Topliss-reactive ketones (excluding diaryl/α,β-unsaturated/α-hetero) is 1. The number of fused-ring (bicyclic) bond motifs is 2. The number of carbonyl (C=O) groups excluding carboxylic acids is 1. The highest BCUT2D eigenvalue weighted by atomic mass is 16.3. The highest BCUT2D eigenvalue weighted by molar-refractivity contribution is 5.91. The molecular weight excluding hydrogens is 360 g/mol. The summed E-state index contributed by atoms with van der Waals surface area (Å²) in [5, 5.41) is 11.0. The van der Waals surface area contributed by atoms with Crippen LogP contribution < -0.4 is 0 Å². The second-order valence-corrected chi connectivity index (χ2v) is 9.82. The maximum Gasteiger partial charge on any atom is 0.137 e. The molecule has 4 nitrogen and oxygen atoms in total. The van der Waals surface area contributed by atoms with Gasteiger partial charge in [-0.3, -0.25) is 4.79 Å². The molecule has 2 aliphatic carbocycles. The summed E-state index contributed by atoms with van der Waals surface area (Å²) in [6.07, 6.45) is 6.13. The van der Waals surface area contributed by atoms with Gasteiger partial charge in [-0.1, -0.05) is 25.5 Å². The molecule has 2 heterocycles. The summed E-state index contributed by atoms with van der Waals surface area (Å²) in [6.45, 7) is 3.04. The van der Waals surface area contributed by atoms with Crippen LogP contribution >= 0.6 is 0 Å². The molecule has 1 aliphatic heterocycles. The van der Waals surface area contributed by atoms with Crippen molar-refractivity contribution in [2.75, 3.05) is 20.2 Å². The molecule has 29 heavy (non-hydrogen) atoms. The fourth-order valence-corrected chi connectivity index (χ4v) is 6.21. The maximum absolute atomic E-state index is 13.0. The van der Waals surface area contributed by atoms with Crippen molar-refractivity contribution in [3.05, 3.63) is 35.0 Å². The van der Waals surface area contributed by atoms with Gasteiger partial charge in [-0.15, -0.1) is 0 Å². The molecule has 0 bridgehead atoms. The Morgan fingerprint density at radius 1 is 1.28 bits per heavy atom. The predicted octanol–water partition coefficient (Wildman–Crippen LogP) is 3.99. The first-order valence-corrected chi connectivity index (χ1v) is 11.5. The summed E-state index contributed by atoms with van der Waals surface area (Å²) in [5.74, 6) is 1.73. The zero-order valence-electron chi connectivity index (χ0n) is 18.0. The average molecular weight is 395 g/mol. The molecule has 1 aromatic carbocycles. The lowest BCUT2D eigenvalue weighted by Crippen LogP contribution is -2.49. The van der Waals surface area contributed by atoms with E-state index in [-0.39, 0.29) is 18.4 Å². The Balaban J connectivity index is 1.51. The average Bonchev–Trinajstić information content (AvgIpc) is 3.52. The van der Waals surface area contributed by atoms with E-state index in [0.29, 0.717) is 24.2 Å². The van der Waals surface area contributed by atoms with Crippen LogP contribution in [-0.2, 0) is 18.3 Å². The standard InChI is InChI=1S/C25H34N2O2/c1-4-15(14-28)10-23(29)17-11-19-18-6-5-7-21-24(18)20(12-22(19)26(2)13-17)25(27(21)3)16-8-9-16/h5-7,15-17,19,22,28H,4,8-14H2,1-3H3/t15-,17-,19?,22-/m1/s1. The summed E-state index contributed by atoms with van der Waals surface area (Å²) in [6, 6.07) is 7.31. The van der Waals surface area contributed by atoms with E-state index < -0.39 is 0 Å². The molecule has 1 saturated carbocycles. The minimum absolute atomic E-state index is 0.0882. The lowest BCUT2D eigenvalue weighted by Gasteiger charge is -2.45. The van der Waals surface area contributed by atoms with Crippen molar-refractivity contribution < 1.29 is 9.90 Å². The number of piperidine rings is 1. The minimum Gasteiger partial charge on any atom is -0.396 e. The van der Waals surface area contributed by atoms with E-state index in [9.17, 15) is 9.90 Å². The SMILES string of the molecule is CC[C@@H](CO)CC(=O)[C@@H]1CC2c3cccc4c3c(c(C3CC3)n4C)C[C@H]2N(C)C1. The largest absolute Gasteiger partial charge is 0.396 e. The summed E-state index contributed by atoms with van der Waals surface area (Å²) in [7, 11) is 4.46. The number of likely N-dealkylation sites (tertiary alicyclic amines) is 1. The first kappa shape index (κ1) is 19.3. The number of ketones is 1. The van der Waals surface area contributed by atoms with Gasteiger partial charge in [-0.2, -0.15) is 0 Å². The van der Waals surface area contributed by atoms with E-state index in [1.807, 2.05) is 0 Å². The van der Waals surface area contributed by atoms with Crippen LogP contribution in [0.5, 0.6) is 0 Å². The summed E-state index contributed by atoms with van der Waals surface area (Å²) in [5.41, 5.74) is 6.01. The van der Waals surface area contributed by atoms with E-state index in [1.54, 1.807) is 11.3 Å². The highest BCUT2D eigenvalue weighted by Crippen LogP contribution is 2.51. The molecule has 4 heteroatoms. The van der Waals surface area contributed by atoms with Gasteiger partial charge in [0.2, 0.25) is 0 Å². The van der Waals surface area contributed by atoms with Gasteiger partial charge in [-0.25, -0.2) is 0 Å². The predicted molar refractivity (Wildman–Crippen MR) is 116 cm³/mol. The molecule has 4 atom stereocenters. The monoisotopic (exact) mass is 394 g/mol. The Kier molecular flexibility index (Phi) is 4.83. The molecule has 0 radical (unpaired) electrons. The molecular formula is C25H34N2O2. The lowest BCUT2D eigenvalue weighted by atomic mass is 9.70. The molecule has 2 aromatic rings. The smallest absolute Gasteiger partial charge is 0.137 e. The van der Waals surface area contributed by atoms with Gasteiger partial charge in [0.25, 0.3) is 0 Å². The Morgan fingerprint density at radius 2 is 2.07 bits per heavy atom. The number of nitrogens with zero attached hydrogens (tertiary/aromatic N) is 2. The van der Waals surface area contributed by atoms with Crippen LogP contribution in [0, 0.1) is 11.8 Å². The number of aliphatic hydroxyl groups excluding tert-OH is 1. The van der Waals surface area contributed by atoms with Crippen molar-refractivity contribution in [1.29, 1.82) is 0 Å². The van der Waals surface area contributed by atoms with Gasteiger partial charge in [0.05, 0.1) is 0 Å². The highest BCUT2D eigenvalue weighted by Gasteiger charge is 2.43. The normalized spacial score (nSPS) is 27.8. The van der Waals surface area contributed by atoms with E-state index in [0.717, 1.165) is 31.7 Å². The van der Waals surface area contributed by atoms with Gasteiger partial charge >= 0.3 is 0 Å². The maximum atomic E-state index is 13.0. The Morgan fingerprint density at radius 3 is 2.76 bits per heavy atom. The van der Waals surface area contributed by atoms with E-state index in [1.165, 1.54) is 29.3 Å². The zero-order chi connectivity index (χ0) is 20.3. The van der Waals surface area contributed by atoms with Crippen LogP contribution in [0.15, 0.2) is 18.2 Å². The van der Waals surface area contributed by atoms with Gasteiger partial charge in [0.1, 0.15) is 5.78 Å². The molecule has 156 valence electrons. The van der Waals surface area contributed by atoms with Crippen LogP contribution in [0.25, 0.3) is 10.9 Å². The van der Waals surface area contributed by atoms with Crippen molar-refractivity contribution in [1.82, 2.24) is 9.47 Å². The third-order valence-electron chi connectivity index (χ3n) is 8.04. The number of aliphatic hydroxyl groups is 1. The summed E-state index contributed by atoms with van der Waals surface area (Å²) < 4.78 is 2.46. The number of benzene rings is 1. The molecule has 0 spiro atoms. The second kappa shape index (κ2) is 7.24. The van der Waals surface area contributed by atoms with Crippen LogP contribution in [0.4, 0.5) is 0 Å². The number of carbonyl (C=O) groups is 1. The quantitative estimate of drug-likeness (QED) is 0.806. The van der Waals surface area contributed by atoms with Crippen molar-refractivity contribution in [3.63, 3.8) is 0 Å². The fraction of sp³-hybridized carbons (Fsp3) is 0.640.